The molecule has 1 spiro atoms. The molecule has 1 saturated heterocycles. The van der Waals surface area contributed by atoms with Crippen LogP contribution < -0.4 is 0 Å². The SMILES string of the molecule is [2H]C([2H])([2H])[C@H](N=C(SC)SC)C(=O)N1[C@@H]2C[C@H]3CC[C@]2(CS1(=O)=O)C3(C)C. The maximum Gasteiger partial charge on any atom is 0.260 e. The topological polar surface area (TPSA) is 66.8 Å². The number of thioether (sulfide) groups is 2. The molecule has 5 nitrogen and oxygen atoms in total. The molecule has 2 aliphatic carbocycles. The molecule has 1 aliphatic heterocycles. The van der Waals surface area contributed by atoms with Gasteiger partial charge in [0.05, 0.1) is 11.8 Å². The standard InChI is InChI=1S/C16H26N2O3S3/c1-10(17-14(22-4)23-5)13(19)18-12-8-11-6-7-16(12,15(11,2)3)9-24(18,20)21/h10-12H,6-9H2,1-5H3/t10-,11+,12+,16+/m0/s1/i1D3. The van der Waals surface area contributed by atoms with Crippen LogP contribution in [0.4, 0.5) is 0 Å². The summed E-state index contributed by atoms with van der Waals surface area (Å²) in [6.45, 7) is 1.48. The summed E-state index contributed by atoms with van der Waals surface area (Å²) >= 11 is 2.49. The summed E-state index contributed by atoms with van der Waals surface area (Å²) < 4.78 is 50.7. The average Bonchev–Trinajstić information content (AvgIpc) is 3.01. The molecule has 0 radical (unpaired) electrons. The van der Waals surface area contributed by atoms with Gasteiger partial charge in [-0.3, -0.25) is 9.79 Å². The highest BCUT2D eigenvalue weighted by atomic mass is 32.2. The molecule has 136 valence electrons. The van der Waals surface area contributed by atoms with Crippen LogP contribution in [0.5, 0.6) is 0 Å². The lowest BCUT2D eigenvalue weighted by Gasteiger charge is -2.37. The van der Waals surface area contributed by atoms with E-state index in [0.717, 1.165) is 17.1 Å². The van der Waals surface area contributed by atoms with Crippen molar-refractivity contribution in [3.63, 3.8) is 0 Å². The maximum atomic E-state index is 13.3. The van der Waals surface area contributed by atoms with Crippen LogP contribution in [0.15, 0.2) is 4.99 Å². The van der Waals surface area contributed by atoms with Gasteiger partial charge in [0.25, 0.3) is 5.91 Å². The first-order valence-electron chi connectivity index (χ1n) is 9.53. The largest absolute Gasteiger partial charge is 0.271 e. The fourth-order valence-corrected chi connectivity index (χ4v) is 8.69. The van der Waals surface area contributed by atoms with Crippen molar-refractivity contribution in [1.29, 1.82) is 0 Å². The minimum atomic E-state index is -3.86. The number of fused-ring (bicyclic) bond motifs is 1. The smallest absolute Gasteiger partial charge is 0.260 e. The third-order valence-electron chi connectivity index (χ3n) is 6.45. The molecule has 2 saturated carbocycles. The van der Waals surface area contributed by atoms with Gasteiger partial charge in [-0.15, -0.1) is 23.5 Å². The van der Waals surface area contributed by atoms with Crippen molar-refractivity contribution in [2.24, 2.45) is 21.7 Å². The van der Waals surface area contributed by atoms with Gasteiger partial charge in [-0.25, -0.2) is 12.7 Å². The van der Waals surface area contributed by atoms with Crippen molar-refractivity contribution < 1.29 is 17.3 Å². The van der Waals surface area contributed by atoms with Crippen LogP contribution in [0.2, 0.25) is 0 Å². The Morgan fingerprint density at radius 1 is 1.38 bits per heavy atom. The van der Waals surface area contributed by atoms with Crippen LogP contribution in [0.3, 0.4) is 0 Å². The number of amides is 1. The van der Waals surface area contributed by atoms with Crippen molar-refractivity contribution in [1.82, 2.24) is 4.31 Å². The van der Waals surface area contributed by atoms with E-state index in [1.165, 1.54) is 23.5 Å². The molecule has 3 fully saturated rings. The summed E-state index contributed by atoms with van der Waals surface area (Å²) in [6, 6.07) is -2.14. The van der Waals surface area contributed by atoms with Gasteiger partial charge >= 0.3 is 0 Å². The van der Waals surface area contributed by atoms with Crippen molar-refractivity contribution >= 4 is 43.8 Å². The summed E-state index contributed by atoms with van der Waals surface area (Å²) in [4.78, 5) is 17.4. The zero-order valence-corrected chi connectivity index (χ0v) is 16.9. The fraction of sp³-hybridized carbons (Fsp3) is 0.875. The predicted octanol–water partition coefficient (Wildman–Crippen LogP) is 2.82. The lowest BCUT2D eigenvalue weighted by Crippen LogP contribution is -2.46. The van der Waals surface area contributed by atoms with Gasteiger partial charge in [0.2, 0.25) is 10.0 Å². The van der Waals surface area contributed by atoms with Crippen LogP contribution in [-0.4, -0.2) is 53.4 Å². The first-order valence-corrected chi connectivity index (χ1v) is 12.1. The van der Waals surface area contributed by atoms with E-state index in [0.29, 0.717) is 16.7 Å². The van der Waals surface area contributed by atoms with Crippen LogP contribution >= 0.6 is 23.5 Å². The van der Waals surface area contributed by atoms with E-state index < -0.39 is 40.3 Å². The summed E-state index contributed by atoms with van der Waals surface area (Å²) in [5, 5.41) is 0. The Hall–Kier alpha value is -0.210. The van der Waals surface area contributed by atoms with Crippen molar-refractivity contribution in [2.45, 2.75) is 52.0 Å². The molecule has 0 unspecified atom stereocenters. The van der Waals surface area contributed by atoms with Gasteiger partial charge in [0.1, 0.15) is 10.4 Å². The van der Waals surface area contributed by atoms with Crippen LogP contribution in [0, 0.1) is 16.7 Å². The second-order valence-corrected chi connectivity index (χ2v) is 11.2. The van der Waals surface area contributed by atoms with Gasteiger partial charge in [-0.2, -0.15) is 0 Å². The van der Waals surface area contributed by atoms with Crippen LogP contribution in [0.25, 0.3) is 0 Å². The number of carbonyl (C=O) groups is 1. The number of sulfonamides is 1. The summed E-state index contributed by atoms with van der Waals surface area (Å²) in [5.74, 6) is -0.619. The van der Waals surface area contributed by atoms with E-state index >= 15 is 0 Å². The Labute approximate surface area is 157 Å². The molecule has 0 N–H and O–H groups in total. The minimum absolute atomic E-state index is 0.0742. The number of aliphatic imine (C=N–C) groups is 1. The molecule has 2 bridgehead atoms. The molecule has 4 atom stereocenters. The molecule has 0 aromatic heterocycles. The highest BCUT2D eigenvalue weighted by molar-refractivity contribution is 8.38. The second kappa shape index (κ2) is 5.91. The highest BCUT2D eigenvalue weighted by Gasteiger charge is 2.72. The van der Waals surface area contributed by atoms with Crippen molar-refractivity contribution in [2.75, 3.05) is 18.3 Å². The summed E-state index contributed by atoms with van der Waals surface area (Å²) in [6.07, 6.45) is 5.84. The Morgan fingerprint density at radius 3 is 2.58 bits per heavy atom. The predicted molar refractivity (Wildman–Crippen MR) is 102 cm³/mol. The summed E-state index contributed by atoms with van der Waals surface area (Å²) in [7, 11) is -3.86. The molecule has 3 aliphatic rings. The van der Waals surface area contributed by atoms with Crippen LogP contribution in [0.1, 0.15) is 44.1 Å². The van der Waals surface area contributed by atoms with Gasteiger partial charge < -0.3 is 0 Å². The Balaban J connectivity index is 2.04. The fourth-order valence-electron chi connectivity index (χ4n) is 5.05. The van der Waals surface area contributed by atoms with E-state index in [1.807, 2.05) is 0 Å². The van der Waals surface area contributed by atoms with Crippen LogP contribution in [-0.2, 0) is 14.8 Å². The first kappa shape index (κ1) is 14.9. The lowest BCUT2D eigenvalue weighted by molar-refractivity contribution is -0.129. The molecule has 24 heavy (non-hydrogen) atoms. The first-order chi connectivity index (χ1) is 12.3. The molecular weight excluding hydrogens is 364 g/mol. The number of hydrogen-bond donors (Lipinski definition) is 0. The highest BCUT2D eigenvalue weighted by Crippen LogP contribution is 2.70. The molecule has 8 heteroatoms. The number of nitrogens with zero attached hydrogens (tertiary/aromatic N) is 2. The second-order valence-electron chi connectivity index (χ2n) is 7.46. The zero-order chi connectivity index (χ0) is 20.4. The molecule has 1 amide bonds. The van der Waals surface area contributed by atoms with E-state index in [1.54, 1.807) is 12.5 Å². The third kappa shape index (κ3) is 2.39. The zero-order valence-electron chi connectivity index (χ0n) is 17.4. The van der Waals surface area contributed by atoms with Crippen molar-refractivity contribution in [3.8, 4) is 0 Å². The quantitative estimate of drug-likeness (QED) is 0.533. The number of rotatable bonds is 2. The van der Waals surface area contributed by atoms with E-state index in [9.17, 15) is 13.2 Å². The van der Waals surface area contributed by atoms with E-state index in [-0.39, 0.29) is 11.2 Å². The average molecular weight is 394 g/mol. The lowest BCUT2D eigenvalue weighted by atomic mass is 9.69. The molecular formula is C16H26N2O3S3. The molecule has 3 rings (SSSR count). The maximum absolute atomic E-state index is 13.3. The van der Waals surface area contributed by atoms with Gasteiger partial charge in [0.15, 0.2) is 0 Å². The van der Waals surface area contributed by atoms with Gasteiger partial charge in [0, 0.05) is 9.53 Å². The van der Waals surface area contributed by atoms with E-state index in [2.05, 4.69) is 18.8 Å². The Morgan fingerprint density at radius 2 is 2.04 bits per heavy atom. The Kier molecular flexibility index (Phi) is 3.67. The molecule has 0 aromatic carbocycles. The normalized spacial score (nSPS) is 38.8. The number of carbonyl (C=O) groups excluding carboxylic acids is 1. The summed E-state index contributed by atoms with van der Waals surface area (Å²) in [5.41, 5.74) is -0.654. The monoisotopic (exact) mass is 393 g/mol. The molecule has 0 aromatic rings. The van der Waals surface area contributed by atoms with E-state index in [4.69, 9.17) is 4.11 Å². The van der Waals surface area contributed by atoms with Gasteiger partial charge in [-0.1, -0.05) is 13.8 Å². The Bertz CT molecular complexity index is 776. The van der Waals surface area contributed by atoms with Gasteiger partial charge in [-0.05, 0) is 50.0 Å². The third-order valence-corrected chi connectivity index (χ3v) is 10.3. The van der Waals surface area contributed by atoms with Crippen molar-refractivity contribution in [3.05, 3.63) is 0 Å². The molecule has 1 heterocycles. The minimum Gasteiger partial charge on any atom is -0.271 e. The number of hydrogen-bond acceptors (Lipinski definition) is 6.